The van der Waals surface area contributed by atoms with Gasteiger partial charge in [-0.25, -0.2) is 13.2 Å². The summed E-state index contributed by atoms with van der Waals surface area (Å²) < 4.78 is 32.9. The third-order valence-corrected chi connectivity index (χ3v) is 11.0. The molecule has 4 amide bonds. The first kappa shape index (κ1) is 36.2. The monoisotopic (exact) mass is 696 g/mol. The van der Waals surface area contributed by atoms with Gasteiger partial charge in [0.2, 0.25) is 21.8 Å². The second-order valence-corrected chi connectivity index (χ2v) is 17.4. The molecule has 2 saturated carbocycles. The molecule has 4 N–H and O–H groups in total. The van der Waals surface area contributed by atoms with Crippen LogP contribution in [0.3, 0.4) is 0 Å². The van der Waals surface area contributed by atoms with Crippen LogP contribution < -0.4 is 20.7 Å². The predicted octanol–water partition coefficient (Wildman–Crippen LogP) is 2.90. The van der Waals surface area contributed by atoms with Gasteiger partial charge in [0.15, 0.2) is 0 Å². The number of sulfonamides is 1. The Balaban J connectivity index is 1.40. The summed E-state index contributed by atoms with van der Waals surface area (Å²) >= 11 is 0. The SMILES string of the molecule is C=CC1CC1(NC(=O)[C@@H]1C[C@@H](NCc2ccnc3ccccc23)CN1C(=O)[C@@H](NC(=O)OC(C)(C)C)C(C)(C)C)C(=O)NS(=O)(=O)C1CC1. The van der Waals surface area contributed by atoms with Crippen LogP contribution in [0.2, 0.25) is 0 Å². The van der Waals surface area contributed by atoms with Crippen LogP contribution in [0.25, 0.3) is 10.9 Å². The normalized spacial score (nSPS) is 24.5. The van der Waals surface area contributed by atoms with Crippen molar-refractivity contribution in [2.45, 2.75) is 108 Å². The maximum Gasteiger partial charge on any atom is 0.408 e. The molecule has 5 rings (SSSR count). The molecule has 3 fully saturated rings. The molecular formula is C35H48N6O7S. The minimum Gasteiger partial charge on any atom is -0.444 e. The van der Waals surface area contributed by atoms with Crippen LogP contribution in [0, 0.1) is 11.3 Å². The Bertz CT molecular complexity index is 1740. The van der Waals surface area contributed by atoms with E-state index in [2.05, 4.69) is 32.2 Å². The Morgan fingerprint density at radius 2 is 1.80 bits per heavy atom. The number of fused-ring (bicyclic) bond motifs is 1. The van der Waals surface area contributed by atoms with Crippen molar-refractivity contribution in [1.82, 2.24) is 30.6 Å². The molecule has 2 heterocycles. The molecule has 1 saturated heterocycles. The molecule has 1 aromatic heterocycles. The van der Waals surface area contributed by atoms with Crippen LogP contribution in [-0.4, -0.2) is 83.2 Å². The third kappa shape index (κ3) is 8.23. The van der Waals surface area contributed by atoms with E-state index in [1.54, 1.807) is 47.7 Å². The predicted molar refractivity (Wildman–Crippen MR) is 184 cm³/mol. The molecule has 14 heteroatoms. The molecule has 2 aromatic rings. The lowest BCUT2D eigenvalue weighted by Crippen LogP contribution is -2.60. The summed E-state index contributed by atoms with van der Waals surface area (Å²) in [5, 5.41) is 9.39. The first-order chi connectivity index (χ1) is 22.8. The van der Waals surface area contributed by atoms with E-state index in [0.29, 0.717) is 19.4 Å². The first-order valence-corrected chi connectivity index (χ1v) is 18.3. The molecule has 1 aromatic carbocycles. The smallest absolute Gasteiger partial charge is 0.408 e. The van der Waals surface area contributed by atoms with Crippen molar-refractivity contribution in [2.24, 2.45) is 11.3 Å². The zero-order valence-electron chi connectivity index (χ0n) is 29.0. The van der Waals surface area contributed by atoms with Gasteiger partial charge in [-0.3, -0.25) is 24.1 Å². The van der Waals surface area contributed by atoms with E-state index >= 15 is 0 Å². The average molecular weight is 697 g/mol. The summed E-state index contributed by atoms with van der Waals surface area (Å²) in [5.74, 6) is -2.38. The van der Waals surface area contributed by atoms with Gasteiger partial charge in [0.05, 0.1) is 10.8 Å². The molecule has 1 aliphatic heterocycles. The number of aromatic nitrogens is 1. The van der Waals surface area contributed by atoms with Crippen LogP contribution in [-0.2, 0) is 35.7 Å². The standard InChI is InChI=1S/C35H48N6O7S/c1-8-22-18-35(22,31(44)40-49(46,47)24-13-14-24)39-29(42)27-17-23(37-19-21-15-16-36-26-12-10-9-11-25(21)26)20-41(27)30(43)28(33(2,3)4)38-32(45)48-34(5,6)7/h8-12,15-16,22-24,27-28,37H,1,13-14,17-20H2,2-7H3,(H,38,45)(H,39,42)(H,40,44)/t22?,23-,27+,28-,35?/m1/s1. The van der Waals surface area contributed by atoms with E-state index in [0.717, 1.165) is 16.5 Å². The van der Waals surface area contributed by atoms with E-state index in [4.69, 9.17) is 4.74 Å². The largest absolute Gasteiger partial charge is 0.444 e. The number of carbonyl (C=O) groups excluding carboxylic acids is 4. The minimum atomic E-state index is -3.87. The number of para-hydroxylation sites is 1. The molecule has 0 bridgehead atoms. The van der Waals surface area contributed by atoms with Crippen molar-refractivity contribution < 1.29 is 32.3 Å². The van der Waals surface area contributed by atoms with Crippen LogP contribution in [0.1, 0.15) is 72.8 Å². The Labute approximate surface area is 288 Å². The van der Waals surface area contributed by atoms with Gasteiger partial charge < -0.3 is 25.6 Å². The maximum absolute atomic E-state index is 14.4. The molecule has 0 radical (unpaired) electrons. The number of rotatable bonds is 11. The van der Waals surface area contributed by atoms with Gasteiger partial charge in [0.1, 0.15) is 23.2 Å². The minimum absolute atomic E-state index is 0.142. The van der Waals surface area contributed by atoms with Crippen LogP contribution in [0.5, 0.6) is 0 Å². The molecule has 49 heavy (non-hydrogen) atoms. The molecule has 13 nitrogen and oxygen atoms in total. The molecule has 2 unspecified atom stereocenters. The topological polar surface area (TPSA) is 176 Å². The number of nitrogens with zero attached hydrogens (tertiary/aromatic N) is 2. The van der Waals surface area contributed by atoms with E-state index in [1.165, 1.54) is 11.0 Å². The van der Waals surface area contributed by atoms with Gasteiger partial charge in [0.25, 0.3) is 5.91 Å². The maximum atomic E-state index is 14.4. The number of pyridine rings is 1. The van der Waals surface area contributed by atoms with Gasteiger partial charge >= 0.3 is 6.09 Å². The summed E-state index contributed by atoms with van der Waals surface area (Å²) in [6.07, 6.45) is 3.82. The Morgan fingerprint density at radius 1 is 1.10 bits per heavy atom. The average Bonchev–Trinajstić information content (AvgIpc) is 3.93. The molecule has 5 atom stereocenters. The second-order valence-electron chi connectivity index (χ2n) is 15.4. The second kappa shape index (κ2) is 13.3. The number of benzene rings is 1. The highest BCUT2D eigenvalue weighted by Gasteiger charge is 2.62. The summed E-state index contributed by atoms with van der Waals surface area (Å²) in [7, 11) is -3.87. The van der Waals surface area contributed by atoms with Crippen molar-refractivity contribution in [3.8, 4) is 0 Å². The summed E-state index contributed by atoms with van der Waals surface area (Å²) in [5.41, 5.74) is -1.23. The number of likely N-dealkylation sites (tertiary alicyclic amines) is 1. The molecule has 3 aliphatic rings. The van der Waals surface area contributed by atoms with Crippen molar-refractivity contribution in [1.29, 1.82) is 0 Å². The van der Waals surface area contributed by atoms with Gasteiger partial charge in [-0.15, -0.1) is 6.58 Å². The Morgan fingerprint density at radius 3 is 2.41 bits per heavy atom. The lowest BCUT2D eigenvalue weighted by atomic mass is 9.85. The van der Waals surface area contributed by atoms with Crippen LogP contribution in [0.15, 0.2) is 49.2 Å². The molecular weight excluding hydrogens is 648 g/mol. The highest BCUT2D eigenvalue weighted by molar-refractivity contribution is 7.91. The van der Waals surface area contributed by atoms with E-state index < -0.39 is 73.6 Å². The van der Waals surface area contributed by atoms with Gasteiger partial charge in [-0.2, -0.15) is 0 Å². The highest BCUT2D eigenvalue weighted by atomic mass is 32.2. The lowest BCUT2D eigenvalue weighted by Gasteiger charge is -2.36. The fraction of sp³-hybridized carbons (Fsp3) is 0.571. The highest BCUT2D eigenvalue weighted by Crippen LogP contribution is 2.45. The van der Waals surface area contributed by atoms with Crippen LogP contribution >= 0.6 is 0 Å². The quantitative estimate of drug-likeness (QED) is 0.258. The third-order valence-electron chi connectivity index (χ3n) is 9.23. The molecule has 2 aliphatic carbocycles. The number of carbonyl (C=O) groups is 4. The Kier molecular flexibility index (Phi) is 9.87. The van der Waals surface area contributed by atoms with Crippen molar-refractivity contribution in [3.63, 3.8) is 0 Å². The van der Waals surface area contributed by atoms with Crippen molar-refractivity contribution in [2.75, 3.05) is 6.54 Å². The number of amides is 4. The van der Waals surface area contributed by atoms with Gasteiger partial charge in [-0.1, -0.05) is 45.0 Å². The van der Waals surface area contributed by atoms with Crippen LogP contribution in [0.4, 0.5) is 4.79 Å². The summed E-state index contributed by atoms with van der Waals surface area (Å²) in [6, 6.07) is 7.26. The van der Waals surface area contributed by atoms with E-state index in [9.17, 15) is 27.6 Å². The fourth-order valence-corrected chi connectivity index (χ4v) is 7.66. The summed E-state index contributed by atoms with van der Waals surface area (Å²) in [4.78, 5) is 60.7. The van der Waals surface area contributed by atoms with Gasteiger partial charge in [0, 0.05) is 36.6 Å². The number of alkyl carbamates (subject to hydrolysis) is 1. The Hall–Kier alpha value is -4.04. The zero-order valence-corrected chi connectivity index (χ0v) is 29.9. The van der Waals surface area contributed by atoms with Crippen molar-refractivity contribution >= 4 is 44.7 Å². The number of hydrogen-bond donors (Lipinski definition) is 4. The van der Waals surface area contributed by atoms with Gasteiger partial charge in [-0.05, 0) is 69.6 Å². The molecule has 0 spiro atoms. The number of ether oxygens (including phenoxy) is 1. The summed E-state index contributed by atoms with van der Waals surface area (Å²) in [6.45, 7) is 14.9. The fourth-order valence-electron chi connectivity index (χ4n) is 6.30. The molecule has 266 valence electrons. The number of hydrogen-bond acceptors (Lipinski definition) is 9. The lowest BCUT2D eigenvalue weighted by molar-refractivity contribution is -0.143. The van der Waals surface area contributed by atoms with E-state index in [-0.39, 0.29) is 25.4 Å². The number of nitrogens with one attached hydrogen (secondary N) is 4. The zero-order chi connectivity index (χ0) is 35.9. The van der Waals surface area contributed by atoms with Crippen molar-refractivity contribution in [3.05, 3.63) is 54.7 Å². The first-order valence-electron chi connectivity index (χ1n) is 16.7. The van der Waals surface area contributed by atoms with E-state index in [1.807, 2.05) is 30.3 Å².